The lowest BCUT2D eigenvalue weighted by atomic mass is 10.1. The van der Waals surface area contributed by atoms with Crippen LogP contribution in [0, 0.1) is 0 Å². The van der Waals surface area contributed by atoms with Gasteiger partial charge in [-0.1, -0.05) is 48.3 Å². The van der Waals surface area contributed by atoms with Crippen molar-refractivity contribution in [2.45, 2.75) is 26.3 Å². The van der Waals surface area contributed by atoms with Crippen molar-refractivity contribution in [3.8, 4) is 0 Å². The first-order valence-electron chi connectivity index (χ1n) is 6.53. The highest BCUT2D eigenvalue weighted by Crippen LogP contribution is 2.29. The number of anilines is 1. The number of rotatable bonds is 4. The fourth-order valence-electron chi connectivity index (χ4n) is 2.01. The van der Waals surface area contributed by atoms with E-state index < -0.39 is 0 Å². The molecule has 0 aliphatic heterocycles. The van der Waals surface area contributed by atoms with Crippen molar-refractivity contribution in [1.29, 1.82) is 0 Å². The van der Waals surface area contributed by atoms with E-state index in [-0.39, 0.29) is 6.04 Å². The van der Waals surface area contributed by atoms with E-state index in [4.69, 9.17) is 23.2 Å². The Labute approximate surface area is 129 Å². The average molecular weight is 310 g/mol. The van der Waals surface area contributed by atoms with Gasteiger partial charge in [-0.2, -0.15) is 0 Å². The molecule has 1 heterocycles. The van der Waals surface area contributed by atoms with Crippen LogP contribution in [0.3, 0.4) is 0 Å². The van der Waals surface area contributed by atoms with Crippen LogP contribution in [-0.2, 0) is 6.42 Å². The van der Waals surface area contributed by atoms with Crippen molar-refractivity contribution < 1.29 is 0 Å². The lowest BCUT2D eigenvalue weighted by Crippen LogP contribution is -2.23. The topological polar surface area (TPSA) is 29.0 Å². The smallest absolute Gasteiger partial charge is 0.134 e. The number of aryl methyl sites for hydroxylation is 1. The zero-order valence-corrected chi connectivity index (χ0v) is 13.3. The predicted molar refractivity (Wildman–Crippen MR) is 84.7 cm³/mol. The van der Waals surface area contributed by atoms with Crippen molar-refractivity contribution >= 4 is 29.0 Å². The molecule has 2 aromatic rings. The highest BCUT2D eigenvalue weighted by molar-refractivity contribution is 6.31. The van der Waals surface area contributed by atoms with Crippen molar-refractivity contribution in [2.75, 3.05) is 11.9 Å². The number of aromatic nitrogens is 2. The van der Waals surface area contributed by atoms with Crippen molar-refractivity contribution in [3.63, 3.8) is 0 Å². The summed E-state index contributed by atoms with van der Waals surface area (Å²) in [7, 11) is 1.98. The van der Waals surface area contributed by atoms with Crippen LogP contribution in [0.15, 0.2) is 30.3 Å². The molecule has 5 heteroatoms. The minimum atomic E-state index is 0.0966. The van der Waals surface area contributed by atoms with Gasteiger partial charge >= 0.3 is 0 Å². The van der Waals surface area contributed by atoms with Gasteiger partial charge in [0.05, 0.1) is 6.04 Å². The number of nitrogens with zero attached hydrogens (tertiary/aromatic N) is 3. The summed E-state index contributed by atoms with van der Waals surface area (Å²) in [6.07, 6.45) is 0.752. The van der Waals surface area contributed by atoms with E-state index in [1.165, 1.54) is 0 Å². The number of benzene rings is 1. The molecule has 0 bridgehead atoms. The molecule has 1 unspecified atom stereocenters. The lowest BCUT2D eigenvalue weighted by Gasteiger charge is -2.27. The number of halogens is 2. The molecule has 0 radical (unpaired) electrons. The molecule has 0 N–H and O–H groups in total. The van der Waals surface area contributed by atoms with Crippen molar-refractivity contribution in [3.05, 3.63) is 51.9 Å². The Kier molecular flexibility index (Phi) is 4.84. The predicted octanol–water partition coefficient (Wildman–Crippen LogP) is 4.54. The van der Waals surface area contributed by atoms with Crippen LogP contribution >= 0.6 is 23.2 Å². The van der Waals surface area contributed by atoms with E-state index in [9.17, 15) is 0 Å². The maximum atomic E-state index is 6.25. The monoisotopic (exact) mass is 309 g/mol. The van der Waals surface area contributed by atoms with Crippen LogP contribution < -0.4 is 4.90 Å². The highest BCUT2D eigenvalue weighted by Gasteiger charge is 2.17. The summed E-state index contributed by atoms with van der Waals surface area (Å²) in [4.78, 5) is 10.8. The molecule has 1 aromatic carbocycles. The SMILES string of the molecule is CCc1nc(Cl)cc(N(C)C(C)c2ccccc2Cl)n1. The molecule has 0 spiro atoms. The first kappa shape index (κ1) is 15.1. The van der Waals surface area contributed by atoms with Gasteiger partial charge in [-0.05, 0) is 18.6 Å². The zero-order valence-electron chi connectivity index (χ0n) is 11.8. The maximum Gasteiger partial charge on any atom is 0.134 e. The molecule has 0 saturated heterocycles. The van der Waals surface area contributed by atoms with Gasteiger partial charge in [0.1, 0.15) is 16.8 Å². The van der Waals surface area contributed by atoms with Gasteiger partial charge in [0.2, 0.25) is 0 Å². The third-order valence-corrected chi connectivity index (χ3v) is 3.88. The van der Waals surface area contributed by atoms with E-state index in [1.807, 2.05) is 43.1 Å². The van der Waals surface area contributed by atoms with Crippen LogP contribution in [0.1, 0.15) is 31.3 Å². The van der Waals surface area contributed by atoms with Crippen LogP contribution in [0.4, 0.5) is 5.82 Å². The summed E-state index contributed by atoms with van der Waals surface area (Å²) in [5.41, 5.74) is 1.06. The maximum absolute atomic E-state index is 6.25. The Morgan fingerprint density at radius 3 is 2.55 bits per heavy atom. The lowest BCUT2D eigenvalue weighted by molar-refractivity contribution is 0.722. The van der Waals surface area contributed by atoms with Gasteiger partial charge in [0.15, 0.2) is 0 Å². The normalized spacial score (nSPS) is 12.2. The average Bonchev–Trinajstić information content (AvgIpc) is 2.45. The minimum Gasteiger partial charge on any atom is -0.353 e. The molecule has 0 fully saturated rings. The standard InChI is InChI=1S/C15H17Cl2N3/c1-4-14-18-13(17)9-15(19-14)20(3)10(2)11-7-5-6-8-12(11)16/h5-10H,4H2,1-3H3. The molecule has 106 valence electrons. The Hall–Kier alpha value is -1.32. The van der Waals surface area contributed by atoms with E-state index >= 15 is 0 Å². The molecule has 0 aliphatic rings. The van der Waals surface area contributed by atoms with Crippen molar-refractivity contribution in [2.24, 2.45) is 0 Å². The molecule has 3 nitrogen and oxygen atoms in total. The quantitative estimate of drug-likeness (QED) is 0.776. The molecule has 0 amide bonds. The number of hydrogen-bond donors (Lipinski definition) is 0. The molecule has 0 aliphatic carbocycles. The summed E-state index contributed by atoms with van der Waals surface area (Å²) in [6.45, 7) is 4.09. The molecule has 20 heavy (non-hydrogen) atoms. The second-order valence-corrected chi connectivity index (χ2v) is 5.42. The van der Waals surface area contributed by atoms with Crippen LogP contribution in [0.5, 0.6) is 0 Å². The fraction of sp³-hybridized carbons (Fsp3) is 0.333. The Bertz CT molecular complexity index is 601. The molecular weight excluding hydrogens is 293 g/mol. The second kappa shape index (κ2) is 6.42. The molecular formula is C15H17Cl2N3. The van der Waals surface area contributed by atoms with E-state index in [0.29, 0.717) is 5.15 Å². The third-order valence-electron chi connectivity index (χ3n) is 3.34. The Morgan fingerprint density at radius 2 is 1.90 bits per heavy atom. The Morgan fingerprint density at radius 1 is 1.20 bits per heavy atom. The molecule has 2 rings (SSSR count). The Balaban J connectivity index is 2.33. The molecule has 1 atom stereocenters. The largest absolute Gasteiger partial charge is 0.353 e. The highest BCUT2D eigenvalue weighted by atomic mass is 35.5. The summed E-state index contributed by atoms with van der Waals surface area (Å²) in [5.74, 6) is 1.54. The van der Waals surface area contributed by atoms with Gasteiger partial charge in [-0.25, -0.2) is 9.97 Å². The minimum absolute atomic E-state index is 0.0966. The fourth-order valence-corrected chi connectivity index (χ4v) is 2.50. The van der Waals surface area contributed by atoms with Crippen LogP contribution in [-0.4, -0.2) is 17.0 Å². The van der Waals surface area contributed by atoms with Gasteiger partial charge in [-0.3, -0.25) is 0 Å². The van der Waals surface area contributed by atoms with Crippen LogP contribution in [0.2, 0.25) is 10.2 Å². The third kappa shape index (κ3) is 3.22. The second-order valence-electron chi connectivity index (χ2n) is 4.63. The first-order chi connectivity index (χ1) is 9.52. The summed E-state index contributed by atoms with van der Waals surface area (Å²) in [5, 5.41) is 1.22. The first-order valence-corrected chi connectivity index (χ1v) is 7.29. The van der Waals surface area contributed by atoms with E-state index in [0.717, 1.165) is 28.6 Å². The summed E-state index contributed by atoms with van der Waals surface area (Å²) < 4.78 is 0. The number of hydrogen-bond acceptors (Lipinski definition) is 3. The molecule has 0 saturated carbocycles. The van der Waals surface area contributed by atoms with Crippen molar-refractivity contribution in [1.82, 2.24) is 9.97 Å². The van der Waals surface area contributed by atoms with Gasteiger partial charge in [0, 0.05) is 24.6 Å². The van der Waals surface area contributed by atoms with Gasteiger partial charge < -0.3 is 4.90 Å². The van der Waals surface area contributed by atoms with Gasteiger partial charge in [-0.15, -0.1) is 0 Å². The molecule has 1 aromatic heterocycles. The summed E-state index contributed by atoms with van der Waals surface area (Å²) in [6, 6.07) is 9.69. The van der Waals surface area contributed by atoms with Gasteiger partial charge in [0.25, 0.3) is 0 Å². The summed E-state index contributed by atoms with van der Waals surface area (Å²) >= 11 is 12.3. The zero-order chi connectivity index (χ0) is 14.7. The van der Waals surface area contributed by atoms with Crippen LogP contribution in [0.25, 0.3) is 0 Å². The van der Waals surface area contributed by atoms with E-state index in [1.54, 1.807) is 6.07 Å². The van der Waals surface area contributed by atoms with E-state index in [2.05, 4.69) is 16.9 Å².